The highest BCUT2D eigenvalue weighted by Gasteiger charge is 2.26. The van der Waals surface area contributed by atoms with Crippen LogP contribution in [0.3, 0.4) is 0 Å². The van der Waals surface area contributed by atoms with Crippen LogP contribution in [-0.2, 0) is 10.7 Å². The molecule has 1 aliphatic carbocycles. The van der Waals surface area contributed by atoms with Crippen LogP contribution >= 0.6 is 11.6 Å². The number of aromatic nitrogens is 2. The van der Waals surface area contributed by atoms with Crippen molar-refractivity contribution in [2.45, 2.75) is 37.7 Å². The lowest BCUT2D eigenvalue weighted by molar-refractivity contribution is -0.124. The molecule has 82 valence electrons. The number of carbonyl (C=O) groups is 1. The van der Waals surface area contributed by atoms with Gasteiger partial charge in [-0.2, -0.15) is 0 Å². The van der Waals surface area contributed by atoms with Gasteiger partial charge in [0.2, 0.25) is 5.91 Å². The van der Waals surface area contributed by atoms with E-state index in [1.807, 2.05) is 11.5 Å². The molecule has 0 spiro atoms. The molecule has 1 fully saturated rings. The summed E-state index contributed by atoms with van der Waals surface area (Å²) in [5, 5.41) is 2.96. The molecule has 1 unspecified atom stereocenters. The lowest BCUT2D eigenvalue weighted by atomic mass is 10.3. The second-order valence-electron chi connectivity index (χ2n) is 3.88. The van der Waals surface area contributed by atoms with Crippen LogP contribution in [0, 0.1) is 0 Å². The molecule has 1 amide bonds. The van der Waals surface area contributed by atoms with Gasteiger partial charge in [-0.05, 0) is 19.8 Å². The SMILES string of the molecule is CC(C(=O)NC1CC1)n1cncc1CCl. The van der Waals surface area contributed by atoms with Crippen LogP contribution in [0.4, 0.5) is 0 Å². The van der Waals surface area contributed by atoms with E-state index < -0.39 is 0 Å². The Morgan fingerprint density at radius 3 is 3.13 bits per heavy atom. The minimum atomic E-state index is -0.234. The van der Waals surface area contributed by atoms with Gasteiger partial charge in [-0.3, -0.25) is 4.79 Å². The summed E-state index contributed by atoms with van der Waals surface area (Å²) in [5.74, 6) is 0.419. The van der Waals surface area contributed by atoms with Crippen LogP contribution in [0.25, 0.3) is 0 Å². The van der Waals surface area contributed by atoms with E-state index in [2.05, 4.69) is 10.3 Å². The fourth-order valence-corrected chi connectivity index (χ4v) is 1.67. The molecule has 0 aromatic carbocycles. The largest absolute Gasteiger partial charge is 0.352 e. The first-order valence-electron chi connectivity index (χ1n) is 5.09. The summed E-state index contributed by atoms with van der Waals surface area (Å²) in [4.78, 5) is 15.7. The number of rotatable bonds is 4. The molecule has 1 aromatic rings. The lowest BCUT2D eigenvalue weighted by Crippen LogP contribution is -2.32. The number of halogens is 1. The first kappa shape index (κ1) is 10.5. The van der Waals surface area contributed by atoms with Crippen LogP contribution in [0.1, 0.15) is 31.5 Å². The van der Waals surface area contributed by atoms with Crippen molar-refractivity contribution in [3.8, 4) is 0 Å². The Morgan fingerprint density at radius 2 is 2.53 bits per heavy atom. The molecule has 1 heterocycles. The topological polar surface area (TPSA) is 46.9 Å². The predicted octanol–water partition coefficient (Wildman–Crippen LogP) is 1.46. The van der Waals surface area contributed by atoms with Crippen molar-refractivity contribution in [3.63, 3.8) is 0 Å². The molecule has 0 saturated heterocycles. The molecule has 4 nitrogen and oxygen atoms in total. The fourth-order valence-electron chi connectivity index (χ4n) is 1.46. The van der Waals surface area contributed by atoms with Gasteiger partial charge >= 0.3 is 0 Å². The highest BCUT2D eigenvalue weighted by Crippen LogP contribution is 2.20. The Bertz CT molecular complexity index is 359. The number of alkyl halides is 1. The van der Waals surface area contributed by atoms with E-state index in [0.29, 0.717) is 11.9 Å². The van der Waals surface area contributed by atoms with Crippen molar-refractivity contribution in [2.75, 3.05) is 0 Å². The molecule has 0 aliphatic heterocycles. The molecular formula is C10H14ClN3O. The van der Waals surface area contributed by atoms with Gasteiger partial charge in [-0.15, -0.1) is 11.6 Å². The Kier molecular flexibility index (Phi) is 2.95. The first-order chi connectivity index (χ1) is 7.22. The number of hydrogen-bond donors (Lipinski definition) is 1. The van der Waals surface area contributed by atoms with Gasteiger partial charge < -0.3 is 9.88 Å². The van der Waals surface area contributed by atoms with Crippen LogP contribution in [0.15, 0.2) is 12.5 Å². The van der Waals surface area contributed by atoms with Crippen molar-refractivity contribution in [1.82, 2.24) is 14.9 Å². The van der Waals surface area contributed by atoms with Gasteiger partial charge in [0, 0.05) is 12.2 Å². The second-order valence-corrected chi connectivity index (χ2v) is 4.15. The summed E-state index contributed by atoms with van der Waals surface area (Å²) in [5.41, 5.74) is 0.870. The van der Waals surface area contributed by atoms with Crippen molar-refractivity contribution >= 4 is 17.5 Å². The number of hydrogen-bond acceptors (Lipinski definition) is 2. The molecular weight excluding hydrogens is 214 g/mol. The van der Waals surface area contributed by atoms with Crippen molar-refractivity contribution in [1.29, 1.82) is 0 Å². The average molecular weight is 228 g/mol. The van der Waals surface area contributed by atoms with Crippen molar-refractivity contribution < 1.29 is 4.79 Å². The van der Waals surface area contributed by atoms with Gasteiger partial charge in [0.1, 0.15) is 6.04 Å². The van der Waals surface area contributed by atoms with E-state index in [1.54, 1.807) is 12.5 Å². The third-order valence-corrected chi connectivity index (χ3v) is 2.88. The monoisotopic (exact) mass is 227 g/mol. The van der Waals surface area contributed by atoms with E-state index in [4.69, 9.17) is 11.6 Å². The van der Waals surface area contributed by atoms with Gasteiger partial charge in [-0.1, -0.05) is 0 Å². The maximum atomic E-state index is 11.8. The minimum absolute atomic E-state index is 0.0434. The van der Waals surface area contributed by atoms with Crippen LogP contribution in [0.5, 0.6) is 0 Å². The predicted molar refractivity (Wildman–Crippen MR) is 57.7 cm³/mol. The average Bonchev–Trinajstić information content (AvgIpc) is 2.92. The second kappa shape index (κ2) is 4.23. The lowest BCUT2D eigenvalue weighted by Gasteiger charge is -2.15. The zero-order chi connectivity index (χ0) is 10.8. The third kappa shape index (κ3) is 2.31. The summed E-state index contributed by atoms with van der Waals surface area (Å²) in [7, 11) is 0. The minimum Gasteiger partial charge on any atom is -0.352 e. The zero-order valence-electron chi connectivity index (χ0n) is 8.61. The fraction of sp³-hybridized carbons (Fsp3) is 0.600. The van der Waals surface area contributed by atoms with Crippen molar-refractivity contribution in [3.05, 3.63) is 18.2 Å². The van der Waals surface area contributed by atoms with Gasteiger partial charge in [0.15, 0.2) is 0 Å². The highest BCUT2D eigenvalue weighted by molar-refractivity contribution is 6.16. The molecule has 15 heavy (non-hydrogen) atoms. The third-order valence-electron chi connectivity index (χ3n) is 2.60. The van der Waals surface area contributed by atoms with E-state index in [1.165, 1.54) is 0 Å². The molecule has 1 aromatic heterocycles. The van der Waals surface area contributed by atoms with E-state index in [9.17, 15) is 4.79 Å². The number of imidazole rings is 1. The Morgan fingerprint density at radius 1 is 1.80 bits per heavy atom. The molecule has 0 radical (unpaired) electrons. The van der Waals surface area contributed by atoms with Crippen LogP contribution < -0.4 is 5.32 Å². The Hall–Kier alpha value is -1.03. The summed E-state index contributed by atoms with van der Waals surface area (Å²) in [6, 6.07) is 0.157. The summed E-state index contributed by atoms with van der Waals surface area (Å²) in [6.07, 6.45) is 5.54. The van der Waals surface area contributed by atoms with E-state index in [-0.39, 0.29) is 11.9 Å². The van der Waals surface area contributed by atoms with Gasteiger partial charge in [-0.25, -0.2) is 4.98 Å². The van der Waals surface area contributed by atoms with Crippen LogP contribution in [0.2, 0.25) is 0 Å². The highest BCUT2D eigenvalue weighted by atomic mass is 35.5. The number of nitrogens with one attached hydrogen (secondary N) is 1. The Balaban J connectivity index is 2.04. The standard InChI is InChI=1S/C10H14ClN3O/c1-7(10(15)13-8-2-3-8)14-6-12-5-9(14)4-11/h5-8H,2-4H2,1H3,(H,13,15). The summed E-state index contributed by atoms with van der Waals surface area (Å²) >= 11 is 5.75. The van der Waals surface area contributed by atoms with Crippen LogP contribution in [-0.4, -0.2) is 21.5 Å². The maximum absolute atomic E-state index is 11.8. The number of carbonyl (C=O) groups excluding carboxylic acids is 1. The van der Waals surface area contributed by atoms with Gasteiger partial charge in [0.05, 0.1) is 17.9 Å². The smallest absolute Gasteiger partial charge is 0.243 e. The summed E-state index contributed by atoms with van der Waals surface area (Å²) < 4.78 is 1.81. The molecule has 1 aliphatic rings. The number of nitrogens with zero attached hydrogens (tertiary/aromatic N) is 2. The molecule has 2 rings (SSSR count). The molecule has 5 heteroatoms. The maximum Gasteiger partial charge on any atom is 0.243 e. The normalized spacial score (nSPS) is 17.5. The Labute approximate surface area is 93.6 Å². The molecule has 0 bridgehead atoms. The molecule has 1 atom stereocenters. The molecule has 1 saturated carbocycles. The van der Waals surface area contributed by atoms with E-state index >= 15 is 0 Å². The molecule has 1 N–H and O–H groups in total. The van der Waals surface area contributed by atoms with Gasteiger partial charge in [0.25, 0.3) is 0 Å². The summed E-state index contributed by atoms with van der Waals surface area (Å²) in [6.45, 7) is 1.86. The first-order valence-corrected chi connectivity index (χ1v) is 5.63. The quantitative estimate of drug-likeness (QED) is 0.792. The zero-order valence-corrected chi connectivity index (χ0v) is 9.37. The van der Waals surface area contributed by atoms with E-state index in [0.717, 1.165) is 18.5 Å². The number of amides is 1. The van der Waals surface area contributed by atoms with Crippen molar-refractivity contribution in [2.24, 2.45) is 0 Å².